The third-order valence-electron chi connectivity index (χ3n) is 4.12. The van der Waals surface area contributed by atoms with E-state index in [0.29, 0.717) is 28.3 Å². The van der Waals surface area contributed by atoms with Crippen molar-refractivity contribution in [2.24, 2.45) is 5.92 Å². The van der Waals surface area contributed by atoms with Crippen LogP contribution in [0.2, 0.25) is 0 Å². The molecule has 0 radical (unpaired) electrons. The van der Waals surface area contributed by atoms with Crippen molar-refractivity contribution in [1.29, 1.82) is 0 Å². The Labute approximate surface area is 185 Å². The molecule has 1 aromatic heterocycles. The Morgan fingerprint density at radius 1 is 1.27 bits per heavy atom. The monoisotopic (exact) mass is 490 g/mol. The highest BCUT2D eigenvalue weighted by Gasteiger charge is 2.15. The van der Waals surface area contributed by atoms with Gasteiger partial charge in [-0.25, -0.2) is 4.98 Å². The lowest BCUT2D eigenvalue weighted by atomic mass is 10.2. The van der Waals surface area contributed by atoms with Gasteiger partial charge in [-0.3, -0.25) is 24.3 Å². The first-order valence-electron chi connectivity index (χ1n) is 9.12. The van der Waals surface area contributed by atoms with Crippen LogP contribution in [0.3, 0.4) is 0 Å². The molecule has 0 aliphatic heterocycles. The minimum atomic E-state index is -0.501. The van der Waals surface area contributed by atoms with Gasteiger partial charge in [-0.15, -0.1) is 0 Å². The normalized spacial score (nSPS) is 11.1. The minimum absolute atomic E-state index is 0.0452. The lowest BCUT2D eigenvalue weighted by Crippen LogP contribution is -2.26. The van der Waals surface area contributed by atoms with Crippen LogP contribution < -0.4 is 10.9 Å². The summed E-state index contributed by atoms with van der Waals surface area (Å²) < 4.78 is 2.40. The van der Waals surface area contributed by atoms with Crippen LogP contribution in [0.15, 0.2) is 56.9 Å². The highest BCUT2D eigenvalue weighted by molar-refractivity contribution is 9.10. The van der Waals surface area contributed by atoms with Gasteiger partial charge in [-0.05, 0) is 36.2 Å². The number of halogens is 1. The molecule has 0 atom stereocenters. The van der Waals surface area contributed by atoms with Gasteiger partial charge in [0.05, 0.1) is 21.6 Å². The Morgan fingerprint density at radius 2 is 1.97 bits per heavy atom. The van der Waals surface area contributed by atoms with Crippen LogP contribution in [0.25, 0.3) is 10.9 Å². The maximum atomic E-state index is 13.0. The number of thioether (sulfide) groups is 1. The molecule has 0 unspecified atom stereocenters. The Morgan fingerprint density at radius 3 is 2.60 bits per heavy atom. The maximum absolute atomic E-state index is 13.0. The number of carbonyl (C=O) groups is 1. The number of hydrogen-bond acceptors (Lipinski definition) is 6. The number of benzene rings is 2. The molecule has 0 bridgehead atoms. The fraction of sp³-hybridized carbons (Fsp3) is 0.250. The zero-order chi connectivity index (χ0) is 21.8. The molecule has 0 fully saturated rings. The molecule has 1 amide bonds. The van der Waals surface area contributed by atoms with E-state index in [1.165, 1.54) is 36.0 Å². The number of hydrogen-bond donors (Lipinski definition) is 1. The molecule has 3 aromatic rings. The summed E-state index contributed by atoms with van der Waals surface area (Å²) in [4.78, 5) is 40.1. The van der Waals surface area contributed by atoms with Crippen molar-refractivity contribution in [2.75, 3.05) is 11.1 Å². The van der Waals surface area contributed by atoms with Crippen molar-refractivity contribution in [2.45, 2.75) is 25.5 Å². The first-order chi connectivity index (χ1) is 14.2. The largest absolute Gasteiger partial charge is 0.325 e. The second-order valence-corrected chi connectivity index (χ2v) is 8.86. The average Bonchev–Trinajstić information content (AvgIpc) is 2.69. The number of amides is 1. The summed E-state index contributed by atoms with van der Waals surface area (Å²) in [7, 11) is 0. The van der Waals surface area contributed by atoms with Gasteiger partial charge in [0.15, 0.2) is 5.16 Å². The Bertz CT molecular complexity index is 1160. The third-order valence-corrected chi connectivity index (χ3v) is 5.59. The SMILES string of the molecule is CC(C)Cn1c(SCC(=O)Nc2ccc([N+](=O)[O-])cc2)nc2ccc(Br)cc2c1=O. The highest BCUT2D eigenvalue weighted by atomic mass is 79.9. The number of anilines is 1. The molecule has 156 valence electrons. The summed E-state index contributed by atoms with van der Waals surface area (Å²) >= 11 is 4.56. The molecule has 0 aliphatic rings. The summed E-state index contributed by atoms with van der Waals surface area (Å²) in [5.41, 5.74) is 0.837. The number of nitro benzene ring substituents is 1. The molecule has 3 rings (SSSR count). The highest BCUT2D eigenvalue weighted by Crippen LogP contribution is 2.22. The van der Waals surface area contributed by atoms with Gasteiger partial charge >= 0.3 is 0 Å². The van der Waals surface area contributed by atoms with Gasteiger partial charge in [0, 0.05) is 28.8 Å². The zero-order valence-corrected chi connectivity index (χ0v) is 18.7. The van der Waals surface area contributed by atoms with E-state index in [0.717, 1.165) is 4.47 Å². The maximum Gasteiger partial charge on any atom is 0.269 e. The van der Waals surface area contributed by atoms with Crippen LogP contribution in [-0.2, 0) is 11.3 Å². The summed E-state index contributed by atoms with van der Waals surface area (Å²) in [6, 6.07) is 10.9. The standard InChI is InChI=1S/C20H19BrN4O4S/c1-12(2)10-24-19(27)16-9-13(21)3-8-17(16)23-20(24)30-11-18(26)22-14-4-6-15(7-5-14)25(28)29/h3-9,12H,10-11H2,1-2H3,(H,22,26). The Hall–Kier alpha value is -2.72. The molecule has 0 aliphatic carbocycles. The molecule has 0 saturated heterocycles. The quantitative estimate of drug-likeness (QED) is 0.227. The molecule has 0 spiro atoms. The van der Waals surface area contributed by atoms with Gasteiger partial charge < -0.3 is 5.32 Å². The molecule has 2 aromatic carbocycles. The van der Waals surface area contributed by atoms with Crippen LogP contribution in [-0.4, -0.2) is 26.1 Å². The second-order valence-electron chi connectivity index (χ2n) is 7.01. The van der Waals surface area contributed by atoms with Crippen LogP contribution >= 0.6 is 27.7 Å². The first kappa shape index (κ1) is 22.0. The van der Waals surface area contributed by atoms with E-state index in [-0.39, 0.29) is 28.8 Å². The predicted molar refractivity (Wildman–Crippen MR) is 121 cm³/mol. The molecule has 1 N–H and O–H groups in total. The van der Waals surface area contributed by atoms with Crippen molar-refractivity contribution in [3.05, 3.63) is 67.4 Å². The molecule has 10 heteroatoms. The van der Waals surface area contributed by atoms with E-state index in [4.69, 9.17) is 0 Å². The fourth-order valence-corrected chi connectivity index (χ4v) is 3.97. The number of rotatable bonds is 7. The predicted octanol–water partition coefficient (Wildman–Crippen LogP) is 4.45. The van der Waals surface area contributed by atoms with Crippen molar-refractivity contribution >= 4 is 55.9 Å². The van der Waals surface area contributed by atoms with Gasteiger partial charge in [-0.1, -0.05) is 41.5 Å². The van der Waals surface area contributed by atoms with E-state index >= 15 is 0 Å². The molecule has 8 nitrogen and oxygen atoms in total. The number of nitrogens with one attached hydrogen (secondary N) is 1. The summed E-state index contributed by atoms with van der Waals surface area (Å²) in [6.07, 6.45) is 0. The van der Waals surface area contributed by atoms with Crippen molar-refractivity contribution in [3.8, 4) is 0 Å². The molecular weight excluding hydrogens is 472 g/mol. The fourth-order valence-electron chi connectivity index (χ4n) is 2.80. The number of nitro groups is 1. The average molecular weight is 491 g/mol. The van der Waals surface area contributed by atoms with Crippen LogP contribution in [0, 0.1) is 16.0 Å². The van der Waals surface area contributed by atoms with Gasteiger partial charge in [0.25, 0.3) is 11.2 Å². The van der Waals surface area contributed by atoms with Crippen LogP contribution in [0.5, 0.6) is 0 Å². The van der Waals surface area contributed by atoms with E-state index < -0.39 is 4.92 Å². The van der Waals surface area contributed by atoms with E-state index in [2.05, 4.69) is 26.2 Å². The third kappa shape index (κ3) is 5.25. The van der Waals surface area contributed by atoms with E-state index in [1.54, 1.807) is 16.7 Å². The lowest BCUT2D eigenvalue weighted by Gasteiger charge is -2.15. The lowest BCUT2D eigenvalue weighted by molar-refractivity contribution is -0.384. The van der Waals surface area contributed by atoms with Crippen molar-refractivity contribution < 1.29 is 9.72 Å². The molecule has 0 saturated carbocycles. The van der Waals surface area contributed by atoms with Crippen LogP contribution in [0.1, 0.15) is 13.8 Å². The first-order valence-corrected chi connectivity index (χ1v) is 10.9. The van der Waals surface area contributed by atoms with E-state index in [9.17, 15) is 19.7 Å². The summed E-state index contributed by atoms with van der Waals surface area (Å²) in [6.45, 7) is 4.50. The van der Waals surface area contributed by atoms with Gasteiger partial charge in [-0.2, -0.15) is 0 Å². The zero-order valence-electron chi connectivity index (χ0n) is 16.3. The second kappa shape index (κ2) is 9.40. The van der Waals surface area contributed by atoms with Crippen LogP contribution in [0.4, 0.5) is 11.4 Å². The van der Waals surface area contributed by atoms with Gasteiger partial charge in [0.2, 0.25) is 5.91 Å². The Balaban J connectivity index is 1.80. The summed E-state index contributed by atoms with van der Waals surface area (Å²) in [5, 5.41) is 14.4. The van der Waals surface area contributed by atoms with E-state index in [1.807, 2.05) is 19.9 Å². The number of aromatic nitrogens is 2. The molecule has 30 heavy (non-hydrogen) atoms. The van der Waals surface area contributed by atoms with Gasteiger partial charge in [0.1, 0.15) is 0 Å². The number of fused-ring (bicyclic) bond motifs is 1. The number of nitrogens with zero attached hydrogens (tertiary/aromatic N) is 3. The summed E-state index contributed by atoms with van der Waals surface area (Å²) in [5.74, 6) is -0.0266. The smallest absolute Gasteiger partial charge is 0.269 e. The Kier molecular flexibility index (Phi) is 6.88. The number of carbonyl (C=O) groups excluding carboxylic acids is 1. The van der Waals surface area contributed by atoms with Crippen molar-refractivity contribution in [1.82, 2.24) is 9.55 Å². The number of non-ortho nitro benzene ring substituents is 1. The molecular formula is C20H19BrN4O4S. The minimum Gasteiger partial charge on any atom is -0.325 e. The molecule has 1 heterocycles. The topological polar surface area (TPSA) is 107 Å². The van der Waals surface area contributed by atoms with Crippen molar-refractivity contribution in [3.63, 3.8) is 0 Å².